The average Bonchev–Trinajstić information content (AvgIpc) is 3.12. The third-order valence-corrected chi connectivity index (χ3v) is 3.82. The zero-order chi connectivity index (χ0) is 14.2. The number of carbonyl (C=O) groups is 2. The van der Waals surface area contributed by atoms with E-state index in [1.807, 2.05) is 6.92 Å². The summed E-state index contributed by atoms with van der Waals surface area (Å²) in [5.74, 6) is -0.328. The predicted molar refractivity (Wildman–Crippen MR) is 71.6 cm³/mol. The van der Waals surface area contributed by atoms with Gasteiger partial charge in [-0.1, -0.05) is 0 Å². The maximum Gasteiger partial charge on any atom is 0.268 e. The maximum atomic E-state index is 12.3. The number of primary amides is 1. The van der Waals surface area contributed by atoms with Gasteiger partial charge in [-0.25, -0.2) is 0 Å². The Balaban J connectivity index is 2.17. The number of rotatable bonds is 5. The fourth-order valence-corrected chi connectivity index (χ4v) is 2.29. The zero-order valence-corrected chi connectivity index (χ0v) is 11.3. The number of nitrogens with one attached hydrogen (secondary N) is 1. The van der Waals surface area contributed by atoms with Crippen molar-refractivity contribution in [3.8, 4) is 0 Å². The molecule has 19 heavy (non-hydrogen) atoms. The van der Waals surface area contributed by atoms with E-state index in [0.29, 0.717) is 23.7 Å². The van der Waals surface area contributed by atoms with Gasteiger partial charge < -0.3 is 21.4 Å². The Bertz CT molecular complexity index is 519. The molecule has 1 aliphatic rings. The quantitative estimate of drug-likeness (QED) is 0.696. The van der Waals surface area contributed by atoms with Gasteiger partial charge in [0.15, 0.2) is 0 Å². The minimum atomic E-state index is -0.543. The molecule has 1 saturated carbocycles. The van der Waals surface area contributed by atoms with Crippen LogP contribution in [0.5, 0.6) is 0 Å². The van der Waals surface area contributed by atoms with Gasteiger partial charge in [-0.2, -0.15) is 0 Å². The highest BCUT2D eigenvalue weighted by molar-refractivity contribution is 5.99. The lowest BCUT2D eigenvalue weighted by Gasteiger charge is -2.29. The molecule has 1 heterocycles. The molecule has 0 radical (unpaired) electrons. The molecule has 1 aromatic rings. The molecular formula is C13H20N4O2. The fourth-order valence-electron chi connectivity index (χ4n) is 2.29. The van der Waals surface area contributed by atoms with Crippen molar-refractivity contribution in [3.63, 3.8) is 0 Å². The summed E-state index contributed by atoms with van der Waals surface area (Å²) in [4.78, 5) is 23.4. The molecule has 0 spiro atoms. The first kappa shape index (κ1) is 13.6. The number of aromatic nitrogens is 1. The summed E-state index contributed by atoms with van der Waals surface area (Å²) in [5, 5.41) is 2.98. The number of amides is 2. The minimum absolute atomic E-state index is 0.227. The van der Waals surface area contributed by atoms with Gasteiger partial charge in [0.25, 0.3) is 5.91 Å². The van der Waals surface area contributed by atoms with Crippen LogP contribution in [-0.2, 0) is 7.05 Å². The molecule has 5 N–H and O–H groups in total. The first-order valence-electron chi connectivity index (χ1n) is 6.36. The van der Waals surface area contributed by atoms with Crippen LogP contribution in [0.15, 0.2) is 12.3 Å². The monoisotopic (exact) mass is 264 g/mol. The number of aryl methyl sites for hydroxylation is 1. The van der Waals surface area contributed by atoms with Gasteiger partial charge >= 0.3 is 0 Å². The van der Waals surface area contributed by atoms with Crippen LogP contribution in [0.25, 0.3) is 0 Å². The van der Waals surface area contributed by atoms with Crippen LogP contribution in [0.2, 0.25) is 0 Å². The summed E-state index contributed by atoms with van der Waals surface area (Å²) in [6.07, 6.45) is 3.73. The summed E-state index contributed by atoms with van der Waals surface area (Å²) in [7, 11) is 1.71. The van der Waals surface area contributed by atoms with Gasteiger partial charge in [0.1, 0.15) is 5.69 Å². The Morgan fingerprint density at radius 3 is 2.58 bits per heavy atom. The number of hydrogen-bond donors (Lipinski definition) is 3. The first-order valence-corrected chi connectivity index (χ1v) is 6.36. The second-order valence-corrected chi connectivity index (χ2v) is 5.44. The van der Waals surface area contributed by atoms with E-state index < -0.39 is 5.91 Å². The standard InChI is InChI=1S/C13H20N4O2/c1-13(7-14,9-3-4-9)16-12(19)10-5-8(11(15)18)6-17(10)2/h5-6,9H,3-4,7,14H2,1-2H3,(H2,15,18)(H,16,19). The molecule has 1 atom stereocenters. The highest BCUT2D eigenvalue weighted by Gasteiger charge is 2.41. The van der Waals surface area contributed by atoms with E-state index in [2.05, 4.69) is 5.32 Å². The molecule has 2 rings (SSSR count). The van der Waals surface area contributed by atoms with Crippen LogP contribution in [0, 0.1) is 5.92 Å². The Labute approximate surface area is 112 Å². The van der Waals surface area contributed by atoms with Crippen molar-refractivity contribution in [2.75, 3.05) is 6.54 Å². The van der Waals surface area contributed by atoms with Crippen LogP contribution in [-0.4, -0.2) is 28.5 Å². The highest BCUT2D eigenvalue weighted by atomic mass is 16.2. The first-order chi connectivity index (χ1) is 8.87. The Hall–Kier alpha value is -1.82. The van der Waals surface area contributed by atoms with Gasteiger partial charge in [-0.15, -0.1) is 0 Å². The topological polar surface area (TPSA) is 103 Å². The largest absolute Gasteiger partial charge is 0.366 e. The van der Waals surface area contributed by atoms with Gasteiger partial charge in [-0.3, -0.25) is 9.59 Å². The maximum absolute atomic E-state index is 12.3. The molecule has 6 heteroatoms. The smallest absolute Gasteiger partial charge is 0.268 e. The Kier molecular flexibility index (Phi) is 3.36. The Morgan fingerprint density at radius 1 is 1.53 bits per heavy atom. The van der Waals surface area contributed by atoms with Gasteiger partial charge in [-0.05, 0) is 31.7 Å². The van der Waals surface area contributed by atoms with E-state index in [9.17, 15) is 9.59 Å². The molecule has 0 aliphatic heterocycles. The Morgan fingerprint density at radius 2 is 2.16 bits per heavy atom. The summed E-state index contributed by atoms with van der Waals surface area (Å²) in [5.41, 5.74) is 11.3. The molecule has 1 fully saturated rings. The molecular weight excluding hydrogens is 244 g/mol. The molecule has 2 amide bonds. The van der Waals surface area contributed by atoms with Crippen molar-refractivity contribution >= 4 is 11.8 Å². The predicted octanol–water partition coefficient (Wildman–Crippen LogP) is -0.0188. The van der Waals surface area contributed by atoms with E-state index in [1.54, 1.807) is 17.8 Å². The van der Waals surface area contributed by atoms with Gasteiger partial charge in [0.05, 0.1) is 11.1 Å². The average molecular weight is 264 g/mol. The number of hydrogen-bond acceptors (Lipinski definition) is 3. The van der Waals surface area contributed by atoms with E-state index in [4.69, 9.17) is 11.5 Å². The molecule has 0 aromatic carbocycles. The molecule has 1 unspecified atom stereocenters. The van der Waals surface area contributed by atoms with Gasteiger partial charge in [0.2, 0.25) is 5.91 Å². The van der Waals surface area contributed by atoms with Crippen molar-refractivity contribution in [2.24, 2.45) is 24.4 Å². The molecule has 0 bridgehead atoms. The van der Waals surface area contributed by atoms with Crippen molar-refractivity contribution < 1.29 is 9.59 Å². The SMILES string of the molecule is Cn1cc(C(N)=O)cc1C(=O)NC(C)(CN)C1CC1. The highest BCUT2D eigenvalue weighted by Crippen LogP contribution is 2.39. The fraction of sp³-hybridized carbons (Fsp3) is 0.538. The van der Waals surface area contributed by atoms with E-state index in [-0.39, 0.29) is 11.4 Å². The molecule has 104 valence electrons. The minimum Gasteiger partial charge on any atom is -0.366 e. The zero-order valence-electron chi connectivity index (χ0n) is 11.3. The van der Waals surface area contributed by atoms with Crippen molar-refractivity contribution in [2.45, 2.75) is 25.3 Å². The van der Waals surface area contributed by atoms with Crippen molar-refractivity contribution in [3.05, 3.63) is 23.5 Å². The van der Waals surface area contributed by atoms with E-state index in [1.165, 1.54) is 6.07 Å². The second-order valence-electron chi connectivity index (χ2n) is 5.44. The summed E-state index contributed by atoms with van der Waals surface area (Å²) in [6.45, 7) is 2.36. The van der Waals surface area contributed by atoms with Crippen LogP contribution in [0.4, 0.5) is 0 Å². The third-order valence-electron chi connectivity index (χ3n) is 3.82. The van der Waals surface area contributed by atoms with Crippen LogP contribution < -0.4 is 16.8 Å². The summed E-state index contributed by atoms with van der Waals surface area (Å²) in [6, 6.07) is 1.50. The summed E-state index contributed by atoms with van der Waals surface area (Å²) < 4.78 is 1.60. The molecule has 6 nitrogen and oxygen atoms in total. The van der Waals surface area contributed by atoms with Crippen LogP contribution >= 0.6 is 0 Å². The lowest BCUT2D eigenvalue weighted by Crippen LogP contribution is -2.53. The van der Waals surface area contributed by atoms with Crippen molar-refractivity contribution in [1.29, 1.82) is 0 Å². The molecule has 1 aliphatic carbocycles. The lowest BCUT2D eigenvalue weighted by molar-refractivity contribution is 0.0889. The number of nitrogens with two attached hydrogens (primary N) is 2. The number of nitrogens with zero attached hydrogens (tertiary/aromatic N) is 1. The second kappa shape index (κ2) is 4.70. The molecule has 1 aromatic heterocycles. The van der Waals surface area contributed by atoms with E-state index >= 15 is 0 Å². The molecule has 0 saturated heterocycles. The van der Waals surface area contributed by atoms with Gasteiger partial charge in [0, 0.05) is 19.8 Å². The normalized spacial score (nSPS) is 17.8. The van der Waals surface area contributed by atoms with Crippen molar-refractivity contribution in [1.82, 2.24) is 9.88 Å². The third kappa shape index (κ3) is 2.63. The van der Waals surface area contributed by atoms with Crippen LogP contribution in [0.1, 0.15) is 40.6 Å². The summed E-state index contributed by atoms with van der Waals surface area (Å²) >= 11 is 0. The number of carbonyl (C=O) groups excluding carboxylic acids is 2. The lowest BCUT2D eigenvalue weighted by atomic mass is 9.96. The van der Waals surface area contributed by atoms with E-state index in [0.717, 1.165) is 12.8 Å². The van der Waals surface area contributed by atoms with Crippen LogP contribution in [0.3, 0.4) is 0 Å².